The largest absolute Gasteiger partial charge is 0.497 e. The van der Waals surface area contributed by atoms with Gasteiger partial charge in [0.25, 0.3) is 0 Å². The van der Waals surface area contributed by atoms with Gasteiger partial charge in [-0.1, -0.05) is 6.92 Å². The number of hydrogen-bond acceptors (Lipinski definition) is 5. The van der Waals surface area contributed by atoms with Gasteiger partial charge in [0, 0.05) is 18.2 Å². The predicted molar refractivity (Wildman–Crippen MR) is 100 cm³/mol. The van der Waals surface area contributed by atoms with Crippen molar-refractivity contribution in [1.82, 2.24) is 9.88 Å². The van der Waals surface area contributed by atoms with Gasteiger partial charge in [-0.3, -0.25) is 9.69 Å². The summed E-state index contributed by atoms with van der Waals surface area (Å²) in [5, 5.41) is 2.80. The third kappa shape index (κ3) is 3.79. The number of pyridine rings is 1. The van der Waals surface area contributed by atoms with E-state index in [9.17, 15) is 9.59 Å². The molecule has 2 fully saturated rings. The fourth-order valence-corrected chi connectivity index (χ4v) is 3.86. The lowest BCUT2D eigenvalue weighted by Crippen LogP contribution is -2.47. The highest BCUT2D eigenvalue weighted by atomic mass is 79.9. The van der Waals surface area contributed by atoms with Gasteiger partial charge in [-0.05, 0) is 55.0 Å². The summed E-state index contributed by atoms with van der Waals surface area (Å²) in [5.74, 6) is 0.681. The number of halogens is 1. The van der Waals surface area contributed by atoms with Crippen molar-refractivity contribution in [2.45, 2.75) is 58.2 Å². The van der Waals surface area contributed by atoms with Gasteiger partial charge in [0.05, 0.1) is 7.11 Å². The average Bonchev–Trinajstić information content (AvgIpc) is 3.05. The molecule has 0 spiro atoms. The number of ether oxygens (including phenoxy) is 2. The average molecular weight is 426 g/mol. The van der Waals surface area contributed by atoms with Crippen molar-refractivity contribution in [3.63, 3.8) is 0 Å². The molecular weight excluding hydrogens is 402 g/mol. The molecule has 1 saturated heterocycles. The fourth-order valence-electron chi connectivity index (χ4n) is 3.45. The summed E-state index contributed by atoms with van der Waals surface area (Å²) in [5.41, 5.74) is -0.619. The van der Waals surface area contributed by atoms with Crippen LogP contribution in [0.5, 0.6) is 5.75 Å². The zero-order valence-electron chi connectivity index (χ0n) is 15.6. The number of carbonyl (C=O) groups excluding carboxylic acids is 2. The van der Waals surface area contributed by atoms with E-state index in [0.29, 0.717) is 22.6 Å². The molecule has 142 valence electrons. The third-order valence-electron chi connectivity index (χ3n) is 4.80. The summed E-state index contributed by atoms with van der Waals surface area (Å²) in [6.45, 7) is 7.56. The number of nitrogens with zero attached hydrogens (tertiary/aromatic N) is 2. The van der Waals surface area contributed by atoms with Gasteiger partial charge in [0.15, 0.2) is 0 Å². The van der Waals surface area contributed by atoms with E-state index >= 15 is 0 Å². The zero-order chi connectivity index (χ0) is 19.3. The SMILES string of the molecule is COc1cc(Br)nc(NC(=O)C2CC3(C)CC3N2C(=O)OC(C)(C)C)c1. The minimum absolute atomic E-state index is 0.0126. The molecule has 3 atom stereocenters. The van der Waals surface area contributed by atoms with Gasteiger partial charge in [0.1, 0.15) is 27.8 Å². The first kappa shape index (κ1) is 18.9. The van der Waals surface area contributed by atoms with Gasteiger partial charge >= 0.3 is 6.09 Å². The smallest absolute Gasteiger partial charge is 0.411 e. The second kappa shape index (κ2) is 6.40. The van der Waals surface area contributed by atoms with E-state index in [4.69, 9.17) is 9.47 Å². The summed E-state index contributed by atoms with van der Waals surface area (Å²) < 4.78 is 11.3. The molecule has 26 heavy (non-hydrogen) atoms. The van der Waals surface area contributed by atoms with Crippen molar-refractivity contribution < 1.29 is 19.1 Å². The Kier molecular flexibility index (Phi) is 4.67. The second-order valence-corrected chi connectivity index (χ2v) is 9.00. The minimum Gasteiger partial charge on any atom is -0.497 e. The highest BCUT2D eigenvalue weighted by Crippen LogP contribution is 2.59. The van der Waals surface area contributed by atoms with Crippen molar-refractivity contribution in [3.8, 4) is 5.75 Å². The Hall–Kier alpha value is -1.83. The summed E-state index contributed by atoms with van der Waals surface area (Å²) in [4.78, 5) is 31.3. The van der Waals surface area contributed by atoms with E-state index < -0.39 is 17.7 Å². The molecule has 0 radical (unpaired) electrons. The molecule has 0 aromatic carbocycles. The first-order chi connectivity index (χ1) is 12.0. The number of carbonyl (C=O) groups is 2. The van der Waals surface area contributed by atoms with Crippen LogP contribution in [0, 0.1) is 5.41 Å². The number of hydrogen-bond donors (Lipinski definition) is 1. The quantitative estimate of drug-likeness (QED) is 0.748. The lowest BCUT2D eigenvalue weighted by Gasteiger charge is -2.29. The van der Waals surface area contributed by atoms with E-state index in [-0.39, 0.29) is 17.4 Å². The maximum absolute atomic E-state index is 12.9. The van der Waals surface area contributed by atoms with Crippen LogP contribution in [0.4, 0.5) is 10.6 Å². The van der Waals surface area contributed by atoms with Crippen LogP contribution in [0.1, 0.15) is 40.5 Å². The molecule has 0 bridgehead atoms. The third-order valence-corrected chi connectivity index (χ3v) is 5.20. The molecular formula is C18H24BrN3O4. The molecule has 1 aromatic heterocycles. The number of likely N-dealkylation sites (tertiary alicyclic amines) is 1. The van der Waals surface area contributed by atoms with Gasteiger partial charge in [-0.15, -0.1) is 0 Å². The molecule has 3 unspecified atom stereocenters. The first-order valence-electron chi connectivity index (χ1n) is 8.56. The summed E-state index contributed by atoms with van der Waals surface area (Å²) >= 11 is 3.29. The van der Waals surface area contributed by atoms with Crippen LogP contribution < -0.4 is 10.1 Å². The minimum atomic E-state index is -0.606. The second-order valence-electron chi connectivity index (χ2n) is 8.19. The summed E-state index contributed by atoms with van der Waals surface area (Å²) in [6.07, 6.45) is 1.08. The van der Waals surface area contributed by atoms with Crippen LogP contribution in [0.2, 0.25) is 0 Å². The number of nitrogens with one attached hydrogen (secondary N) is 1. The lowest BCUT2D eigenvalue weighted by atomic mass is 10.0. The van der Waals surface area contributed by atoms with Gasteiger partial charge in [0.2, 0.25) is 5.91 Å². The van der Waals surface area contributed by atoms with Crippen LogP contribution in [0.25, 0.3) is 0 Å². The zero-order valence-corrected chi connectivity index (χ0v) is 17.2. The van der Waals surface area contributed by atoms with Crippen molar-refractivity contribution in [2.75, 3.05) is 12.4 Å². The molecule has 7 nitrogen and oxygen atoms in total. The number of fused-ring (bicyclic) bond motifs is 1. The number of rotatable bonds is 3. The van der Waals surface area contributed by atoms with Crippen molar-refractivity contribution in [1.29, 1.82) is 0 Å². The molecule has 2 aliphatic rings. The van der Waals surface area contributed by atoms with Crippen LogP contribution >= 0.6 is 15.9 Å². The molecule has 1 saturated carbocycles. The lowest BCUT2D eigenvalue weighted by molar-refractivity contribution is -0.121. The van der Waals surface area contributed by atoms with Gasteiger partial charge in [-0.25, -0.2) is 9.78 Å². The Morgan fingerprint density at radius 2 is 2.04 bits per heavy atom. The number of piperidine rings is 1. The molecule has 1 aliphatic carbocycles. The van der Waals surface area contributed by atoms with Crippen LogP contribution in [0.3, 0.4) is 0 Å². The van der Waals surface area contributed by atoms with E-state index in [0.717, 1.165) is 6.42 Å². The first-order valence-corrected chi connectivity index (χ1v) is 9.35. The molecule has 3 rings (SSSR count). The van der Waals surface area contributed by atoms with Crippen molar-refractivity contribution in [2.24, 2.45) is 5.41 Å². The maximum Gasteiger partial charge on any atom is 0.411 e. The van der Waals surface area contributed by atoms with Crippen LogP contribution in [-0.4, -0.2) is 46.7 Å². The number of amides is 2. The Morgan fingerprint density at radius 1 is 1.35 bits per heavy atom. The van der Waals surface area contributed by atoms with Crippen LogP contribution in [0.15, 0.2) is 16.7 Å². The molecule has 1 aliphatic heterocycles. The van der Waals surface area contributed by atoms with Gasteiger partial charge in [-0.2, -0.15) is 0 Å². The highest BCUT2D eigenvalue weighted by Gasteiger charge is 2.65. The predicted octanol–water partition coefficient (Wildman–Crippen LogP) is 3.58. The monoisotopic (exact) mass is 425 g/mol. The normalized spacial score (nSPS) is 26.9. The Morgan fingerprint density at radius 3 is 2.65 bits per heavy atom. The number of aromatic nitrogens is 1. The summed E-state index contributed by atoms with van der Waals surface area (Å²) in [6, 6.07) is 2.82. The molecule has 8 heteroatoms. The number of methoxy groups -OCH3 is 1. The van der Waals surface area contributed by atoms with Gasteiger partial charge < -0.3 is 14.8 Å². The fraction of sp³-hybridized carbons (Fsp3) is 0.611. The van der Waals surface area contributed by atoms with Crippen LogP contribution in [-0.2, 0) is 9.53 Å². The maximum atomic E-state index is 12.9. The van der Waals surface area contributed by atoms with E-state index in [1.54, 1.807) is 24.1 Å². The standard InChI is InChI=1S/C18H24BrN3O4/c1-17(2,3)26-16(24)22-11(8-18(4)9-12(18)22)15(23)21-14-7-10(25-5)6-13(19)20-14/h6-7,11-12H,8-9H2,1-5H3,(H,20,21,23). The molecule has 2 amide bonds. The highest BCUT2D eigenvalue weighted by molar-refractivity contribution is 9.10. The Bertz CT molecular complexity index is 748. The molecule has 2 heterocycles. The van der Waals surface area contributed by atoms with E-state index in [2.05, 4.69) is 33.2 Å². The topological polar surface area (TPSA) is 80.8 Å². The van der Waals surface area contributed by atoms with E-state index in [1.807, 2.05) is 20.8 Å². The van der Waals surface area contributed by atoms with E-state index in [1.165, 1.54) is 0 Å². The summed E-state index contributed by atoms with van der Waals surface area (Å²) in [7, 11) is 1.54. The van der Waals surface area contributed by atoms with Crippen molar-refractivity contribution in [3.05, 3.63) is 16.7 Å². The number of anilines is 1. The Balaban J connectivity index is 1.77. The molecule has 1 N–H and O–H groups in total. The Labute approximate surface area is 161 Å². The van der Waals surface area contributed by atoms with Crippen molar-refractivity contribution >= 4 is 33.7 Å². The molecule has 1 aromatic rings.